The van der Waals surface area contributed by atoms with Gasteiger partial charge in [0, 0.05) is 199 Å². The Balaban J connectivity index is 0.000000166. The smallest absolute Gasteiger partial charge is 0.242 e. The van der Waals surface area contributed by atoms with Crippen LogP contribution in [0.15, 0.2) is 135 Å². The van der Waals surface area contributed by atoms with E-state index in [0.29, 0.717) is 56.4 Å². The molecule has 126 heavy (non-hydrogen) atoms. The van der Waals surface area contributed by atoms with Gasteiger partial charge in [-0.3, -0.25) is 9.69 Å². The summed E-state index contributed by atoms with van der Waals surface area (Å²) in [5.74, 6) is 9.79. The molecule has 8 aliphatic heterocycles. The fraction of sp³-hybridized carbons (Fsp3) is 0.624. The summed E-state index contributed by atoms with van der Waals surface area (Å²) in [5.41, 5.74) is 11.8. The molecule has 8 fully saturated rings. The van der Waals surface area contributed by atoms with Crippen molar-refractivity contribution in [3.63, 3.8) is 0 Å². The molecule has 15 rings (SSSR count). The average Bonchev–Trinajstić information content (AvgIpc) is 1.72. The summed E-state index contributed by atoms with van der Waals surface area (Å²) in [5, 5.41) is 3.25. The number of morpholine rings is 1. The molecule has 1 N–H and O–H groups in total. The van der Waals surface area contributed by atoms with Crippen molar-refractivity contribution in [2.45, 2.75) is 230 Å². The highest BCUT2D eigenvalue weighted by Crippen LogP contribution is 2.32. The maximum absolute atomic E-state index is 11.9. The maximum Gasteiger partial charge on any atom is 0.242 e. The highest BCUT2D eigenvalue weighted by Gasteiger charge is 2.33. The summed E-state index contributed by atoms with van der Waals surface area (Å²) in [6.45, 7) is 80.3. The number of likely N-dealkylation sites (N-methyl/N-ethyl adjacent to an activating group) is 3. The molecule has 1 unspecified atom stereocenters. The standard InChI is InChI=1S/C16H25N3.C15H23N3O.C15H25N3.C14H23N3O2S.C14H23N3.C14H22N2O.C13H19N3/c1-16(2,3)13-6-7-15(17-11-13)19-10-9-18-8-4-5-14(18)12-19;1-5-17-8-9-18(11-14(17)19)13-7-6-12(10-16-13)15(2,3)4;1-5-17-6-8-18(9-7-17)15-13(4)10-14(11-16-15)12(2)3;1-14(2,3)12-5-6-13(15-11-12)16-7-9-17(10-8-16)20(4,18)19;1-4-16-7-9-17(10-8-16)14-6-5-13(11-15-14)12(2)3;1-10(2)13-5-6-14(15-7-13)16-8-11(3)17-12(4)9-16;1-10(2)12-4-5-13(15-8-12)16-7-6-14-11(3)9-16/h6-7,11,14H,4-5,8-10,12H2,1-3H3;6-7,10H,5,8-9,11H2,1-4H3;10-12H,5-9H2,1-4H3;5-6,11H,7-10H2,1-4H3;5-6,11-12H,4,7-10H2,1-3H3;5-7,10-12H,8-9H2,1-4H3;4-5,8,10,14H,3,6-7,9H2,1-2H3/t;;;;;11-,12+;. The van der Waals surface area contributed by atoms with Gasteiger partial charge < -0.3 is 59.1 Å². The third-order valence-corrected chi connectivity index (χ3v) is 26.6. The third-order valence-electron chi connectivity index (χ3n) is 25.3. The molecular weight excluding hydrogens is 1590 g/mol. The number of carbonyl (C=O) groups is 1. The van der Waals surface area contributed by atoms with E-state index in [0.717, 1.165) is 178 Å². The van der Waals surface area contributed by atoms with Crippen LogP contribution in [0.3, 0.4) is 0 Å². The van der Waals surface area contributed by atoms with E-state index in [4.69, 9.17) is 9.72 Å². The van der Waals surface area contributed by atoms with E-state index < -0.39 is 10.0 Å². The Morgan fingerprint density at radius 1 is 0.429 bits per heavy atom. The second kappa shape index (κ2) is 47.1. The molecule has 7 aromatic rings. The van der Waals surface area contributed by atoms with Crippen molar-refractivity contribution < 1.29 is 17.9 Å². The molecule has 7 aromatic heterocycles. The number of carbonyl (C=O) groups excluding carboxylic acids is 1. The number of aromatic nitrogens is 7. The van der Waals surface area contributed by atoms with Crippen molar-refractivity contribution in [2.24, 2.45) is 0 Å². The molecule has 0 aromatic carbocycles. The quantitative estimate of drug-likeness (QED) is 0.101. The van der Waals surface area contributed by atoms with Gasteiger partial charge in [-0.1, -0.05) is 181 Å². The minimum atomic E-state index is -3.07. The summed E-state index contributed by atoms with van der Waals surface area (Å²) < 4.78 is 30.2. The van der Waals surface area contributed by atoms with Gasteiger partial charge in [-0.05, 0) is 181 Å². The number of amides is 1. The zero-order valence-electron chi connectivity index (χ0n) is 81.8. The van der Waals surface area contributed by atoms with E-state index in [1.54, 1.807) is 0 Å². The number of piperazine rings is 6. The largest absolute Gasteiger partial charge is 0.386 e. The van der Waals surface area contributed by atoms with E-state index in [1.807, 2.05) is 61.1 Å². The van der Waals surface area contributed by atoms with Gasteiger partial charge >= 0.3 is 0 Å². The molecule has 8 saturated heterocycles. The Bertz CT molecular complexity index is 4500. The summed E-state index contributed by atoms with van der Waals surface area (Å²) in [4.78, 5) is 69.5. The predicted octanol–water partition coefficient (Wildman–Crippen LogP) is 16.1. The second-order valence-corrected chi connectivity index (χ2v) is 41.6. The Hall–Kier alpha value is -8.59. The Labute approximate surface area is 760 Å². The lowest BCUT2D eigenvalue weighted by molar-refractivity contribution is -0.130. The average molecular weight is 1750 g/mol. The normalized spacial score (nSPS) is 19.6. The van der Waals surface area contributed by atoms with Gasteiger partial charge in [0.15, 0.2) is 0 Å². The number of ether oxygens (including phenoxy) is 1. The number of rotatable bonds is 15. The van der Waals surface area contributed by atoms with Gasteiger partial charge in [0.2, 0.25) is 15.9 Å². The van der Waals surface area contributed by atoms with Gasteiger partial charge in [-0.2, -0.15) is 4.31 Å². The monoisotopic (exact) mass is 1750 g/mol. The molecule has 0 spiro atoms. The minimum Gasteiger partial charge on any atom is -0.386 e. The van der Waals surface area contributed by atoms with E-state index in [1.165, 1.54) is 86.8 Å². The van der Waals surface area contributed by atoms with Gasteiger partial charge in [-0.15, -0.1) is 0 Å². The van der Waals surface area contributed by atoms with E-state index in [2.05, 4.69) is 316 Å². The first kappa shape index (κ1) is 101. The van der Waals surface area contributed by atoms with Crippen LogP contribution in [0, 0.1) is 6.92 Å². The molecule has 0 aliphatic carbocycles. The second-order valence-electron chi connectivity index (χ2n) is 39.6. The molecule has 0 bridgehead atoms. The maximum atomic E-state index is 11.9. The first-order valence-electron chi connectivity index (χ1n) is 47.2. The fourth-order valence-electron chi connectivity index (χ4n) is 16.6. The fourth-order valence-corrected chi connectivity index (χ4v) is 17.4. The molecule has 3 atom stereocenters. The molecule has 24 nitrogen and oxygen atoms in total. The number of sulfonamides is 1. The number of anilines is 7. The number of hydrogen-bond acceptors (Lipinski definition) is 22. The van der Waals surface area contributed by atoms with Gasteiger partial charge in [0.1, 0.15) is 40.7 Å². The van der Waals surface area contributed by atoms with Crippen LogP contribution >= 0.6 is 0 Å². The van der Waals surface area contributed by atoms with Gasteiger partial charge in [-0.25, -0.2) is 43.3 Å². The van der Waals surface area contributed by atoms with Crippen molar-refractivity contribution in [1.29, 1.82) is 0 Å². The van der Waals surface area contributed by atoms with Crippen LogP contribution < -0.4 is 39.6 Å². The van der Waals surface area contributed by atoms with Crippen molar-refractivity contribution in [2.75, 3.05) is 217 Å². The van der Waals surface area contributed by atoms with Crippen molar-refractivity contribution in [3.05, 3.63) is 179 Å². The lowest BCUT2D eigenvalue weighted by atomic mass is 9.88. The van der Waals surface area contributed by atoms with Gasteiger partial charge in [0.05, 0.1) is 31.6 Å². The van der Waals surface area contributed by atoms with E-state index in [9.17, 15) is 13.2 Å². The number of fused-ring (bicyclic) bond motifs is 1. The molecule has 1 amide bonds. The molecule has 8 aliphatic rings. The minimum absolute atomic E-state index is 0.0977. The number of nitrogens with zero attached hydrogens (tertiary/aromatic N) is 19. The molecule has 25 heteroatoms. The molecule has 694 valence electrons. The Morgan fingerprint density at radius 3 is 1.18 bits per heavy atom. The Morgan fingerprint density at radius 2 is 0.810 bits per heavy atom. The summed E-state index contributed by atoms with van der Waals surface area (Å²) in [7, 11) is -3.07. The van der Waals surface area contributed by atoms with Crippen LogP contribution in [0.2, 0.25) is 0 Å². The number of aryl methyl sites for hydroxylation is 1. The highest BCUT2D eigenvalue weighted by molar-refractivity contribution is 7.88. The zero-order valence-corrected chi connectivity index (χ0v) is 82.7. The summed E-state index contributed by atoms with van der Waals surface area (Å²) in [6, 6.07) is 28.7. The Kier molecular flexibility index (Phi) is 37.8. The zero-order chi connectivity index (χ0) is 91.8. The molecular formula is C101H160N20O4S. The summed E-state index contributed by atoms with van der Waals surface area (Å²) >= 11 is 0. The van der Waals surface area contributed by atoms with Crippen LogP contribution in [0.1, 0.15) is 233 Å². The van der Waals surface area contributed by atoms with Crippen LogP contribution in [0.5, 0.6) is 0 Å². The molecule has 15 heterocycles. The molecule has 0 radical (unpaired) electrons. The SMILES string of the molecule is C=C1CN(c2ccc(C(C)C)cn2)CCN1.CC(C)(C)c1ccc(N2CCN(S(C)(=O)=O)CC2)nc1.CC(C)(C)c1ccc(N2CCN3CCCC3C2)nc1.CC(C)c1ccc(N2C[C@@H](C)O[C@@H](C)C2)nc1.CCN1CCN(c2ccc(C(C)(C)C)cn2)CC1=O.CCN1CCN(c2ccc(C(C)C)cn2)CC1.CCN1CCN(c2ncc(C(C)C)cc2C)CC1. The topological polar surface area (TPSA) is 202 Å². The van der Waals surface area contributed by atoms with Crippen molar-refractivity contribution >= 4 is 56.7 Å². The summed E-state index contributed by atoms with van der Waals surface area (Å²) in [6.07, 6.45) is 18.5. The third kappa shape index (κ3) is 30.5. The van der Waals surface area contributed by atoms with E-state index >= 15 is 0 Å². The van der Waals surface area contributed by atoms with Gasteiger partial charge in [0.25, 0.3) is 0 Å². The lowest BCUT2D eigenvalue weighted by Crippen LogP contribution is -2.50. The van der Waals surface area contributed by atoms with Crippen LogP contribution in [0.25, 0.3) is 0 Å². The van der Waals surface area contributed by atoms with Crippen molar-refractivity contribution in [1.82, 2.24) is 64.1 Å². The first-order chi connectivity index (χ1) is 59.7. The molecule has 0 saturated carbocycles. The van der Waals surface area contributed by atoms with E-state index in [-0.39, 0.29) is 34.4 Å². The highest BCUT2D eigenvalue weighted by atomic mass is 32.2. The lowest BCUT2D eigenvalue weighted by Gasteiger charge is -2.38. The first-order valence-corrected chi connectivity index (χ1v) is 49.0. The van der Waals surface area contributed by atoms with Crippen LogP contribution in [0.4, 0.5) is 40.7 Å². The predicted molar refractivity (Wildman–Crippen MR) is 527 cm³/mol. The van der Waals surface area contributed by atoms with Crippen molar-refractivity contribution in [3.8, 4) is 0 Å². The van der Waals surface area contributed by atoms with Crippen LogP contribution in [-0.4, -0.2) is 274 Å². The number of pyridine rings is 7. The van der Waals surface area contributed by atoms with Crippen LogP contribution in [-0.2, 0) is 35.8 Å². The number of nitrogens with one attached hydrogen (secondary N) is 1. The number of hydrogen-bond donors (Lipinski definition) is 1.